The first-order valence-corrected chi connectivity index (χ1v) is 9.51. The van der Waals surface area contributed by atoms with E-state index in [4.69, 9.17) is 14.5 Å². The highest BCUT2D eigenvalue weighted by molar-refractivity contribution is 5.78. The van der Waals surface area contributed by atoms with Gasteiger partial charge in [-0.15, -0.1) is 0 Å². The fourth-order valence-electron chi connectivity index (χ4n) is 3.19. The van der Waals surface area contributed by atoms with Crippen molar-refractivity contribution in [3.8, 4) is 5.75 Å². The van der Waals surface area contributed by atoms with E-state index in [-0.39, 0.29) is 18.6 Å². The molecule has 0 fully saturated rings. The van der Waals surface area contributed by atoms with Crippen LogP contribution in [0.15, 0.2) is 48.5 Å². The maximum absolute atomic E-state index is 11.9. The van der Waals surface area contributed by atoms with Crippen LogP contribution in [0.5, 0.6) is 5.75 Å². The van der Waals surface area contributed by atoms with Gasteiger partial charge in [0.1, 0.15) is 18.2 Å². The predicted octanol–water partition coefficient (Wildman–Crippen LogP) is 3.64. The normalized spacial score (nSPS) is 12.1. The molecule has 0 aliphatic heterocycles. The Kier molecular flexibility index (Phi) is 6.66. The van der Waals surface area contributed by atoms with E-state index < -0.39 is 0 Å². The summed E-state index contributed by atoms with van der Waals surface area (Å²) in [6.45, 7) is 5.40. The molecule has 1 aromatic heterocycles. The highest BCUT2D eigenvalue weighted by Gasteiger charge is 2.18. The zero-order valence-electron chi connectivity index (χ0n) is 16.6. The first-order chi connectivity index (χ1) is 13.6. The van der Waals surface area contributed by atoms with E-state index >= 15 is 0 Å². The molecule has 6 nitrogen and oxygen atoms in total. The quantitative estimate of drug-likeness (QED) is 0.575. The van der Waals surface area contributed by atoms with Crippen molar-refractivity contribution in [2.24, 2.45) is 0 Å². The van der Waals surface area contributed by atoms with E-state index in [1.807, 2.05) is 49.4 Å². The molecule has 0 saturated carbocycles. The predicted molar refractivity (Wildman–Crippen MR) is 109 cm³/mol. The topological polar surface area (TPSA) is 65.4 Å². The Balaban J connectivity index is 1.69. The van der Waals surface area contributed by atoms with Crippen LogP contribution in [0.2, 0.25) is 0 Å². The van der Waals surface area contributed by atoms with Gasteiger partial charge < -0.3 is 19.4 Å². The highest BCUT2D eigenvalue weighted by atomic mass is 16.5. The highest BCUT2D eigenvalue weighted by Crippen LogP contribution is 2.21. The molecule has 6 heteroatoms. The first kappa shape index (κ1) is 19.9. The van der Waals surface area contributed by atoms with E-state index in [2.05, 4.69) is 22.9 Å². The minimum Gasteiger partial charge on any atom is -0.494 e. The molecule has 148 valence electrons. The van der Waals surface area contributed by atoms with E-state index in [0.29, 0.717) is 6.61 Å². The van der Waals surface area contributed by atoms with Crippen molar-refractivity contribution >= 4 is 16.9 Å². The van der Waals surface area contributed by atoms with Crippen molar-refractivity contribution in [3.05, 3.63) is 59.9 Å². The molecule has 3 aromatic rings. The molecule has 0 aliphatic rings. The van der Waals surface area contributed by atoms with E-state index in [1.54, 1.807) is 0 Å². The fourth-order valence-corrected chi connectivity index (χ4v) is 3.19. The van der Waals surface area contributed by atoms with Crippen LogP contribution in [0.25, 0.3) is 11.0 Å². The molecule has 0 radical (unpaired) electrons. The molecule has 1 heterocycles. The van der Waals surface area contributed by atoms with Crippen molar-refractivity contribution in [1.82, 2.24) is 14.9 Å². The number of carbonyl (C=O) groups excluding carboxylic acids is 1. The number of fused-ring (bicyclic) bond motifs is 1. The number of ether oxygens (including phenoxy) is 2. The Morgan fingerprint density at radius 1 is 1.18 bits per heavy atom. The molecule has 1 atom stereocenters. The molecule has 1 N–H and O–H groups in total. The minimum atomic E-state index is -0.215. The number of carbonyl (C=O) groups is 1. The lowest BCUT2D eigenvalue weighted by Crippen LogP contribution is -2.31. The molecule has 28 heavy (non-hydrogen) atoms. The van der Waals surface area contributed by atoms with E-state index in [9.17, 15) is 4.79 Å². The van der Waals surface area contributed by atoms with Gasteiger partial charge in [0.15, 0.2) is 0 Å². The van der Waals surface area contributed by atoms with Crippen molar-refractivity contribution in [2.45, 2.75) is 32.9 Å². The molecule has 0 aliphatic carbocycles. The Hall–Kier alpha value is -2.86. The lowest BCUT2D eigenvalue weighted by Gasteiger charge is -2.16. The van der Waals surface area contributed by atoms with Crippen molar-refractivity contribution < 1.29 is 14.3 Å². The summed E-state index contributed by atoms with van der Waals surface area (Å²) in [5.41, 5.74) is 3.19. The van der Waals surface area contributed by atoms with Crippen LogP contribution in [0.3, 0.4) is 0 Å². The van der Waals surface area contributed by atoms with Gasteiger partial charge in [-0.05, 0) is 44.5 Å². The Morgan fingerprint density at radius 2 is 1.93 bits per heavy atom. The van der Waals surface area contributed by atoms with Gasteiger partial charge in [0.05, 0.1) is 23.7 Å². The van der Waals surface area contributed by atoms with Crippen LogP contribution in [0.1, 0.15) is 30.8 Å². The molecule has 1 unspecified atom stereocenters. The number of hydrogen-bond acceptors (Lipinski definition) is 4. The van der Waals surface area contributed by atoms with Gasteiger partial charge in [-0.25, -0.2) is 4.98 Å². The second-order valence-electron chi connectivity index (χ2n) is 6.85. The van der Waals surface area contributed by atoms with Gasteiger partial charge in [0.25, 0.3) is 0 Å². The molecule has 0 bridgehead atoms. The van der Waals surface area contributed by atoms with Crippen LogP contribution >= 0.6 is 0 Å². The number of nitrogens with zero attached hydrogens (tertiary/aromatic N) is 2. The maximum atomic E-state index is 11.9. The summed E-state index contributed by atoms with van der Waals surface area (Å²) in [6, 6.07) is 15.9. The second kappa shape index (κ2) is 9.37. The number of benzene rings is 2. The third-order valence-electron chi connectivity index (χ3n) is 4.54. The fraction of sp³-hybridized carbons (Fsp3) is 0.364. The maximum Gasteiger partial charge on any atom is 0.246 e. The number of rotatable bonds is 9. The number of amides is 1. The average Bonchev–Trinajstić information content (AvgIpc) is 3.05. The third-order valence-corrected chi connectivity index (χ3v) is 4.54. The number of para-hydroxylation sites is 2. The Morgan fingerprint density at radius 3 is 2.68 bits per heavy atom. The van der Waals surface area contributed by atoms with Crippen LogP contribution in [0.4, 0.5) is 0 Å². The summed E-state index contributed by atoms with van der Waals surface area (Å²) in [4.78, 5) is 16.6. The molecule has 1 amide bonds. The third kappa shape index (κ3) is 4.89. The summed E-state index contributed by atoms with van der Waals surface area (Å²) in [7, 11) is 1.51. The first-order valence-electron chi connectivity index (χ1n) is 9.51. The van der Waals surface area contributed by atoms with Crippen LogP contribution in [-0.2, 0) is 16.1 Å². The number of aromatic nitrogens is 2. The molecule has 3 rings (SSSR count). The summed E-state index contributed by atoms with van der Waals surface area (Å²) in [5.74, 6) is 1.55. The van der Waals surface area contributed by atoms with Gasteiger partial charge in [-0.3, -0.25) is 4.79 Å². The number of imidazole rings is 1. The zero-order valence-corrected chi connectivity index (χ0v) is 16.6. The monoisotopic (exact) mass is 381 g/mol. The lowest BCUT2D eigenvalue weighted by molar-refractivity contribution is -0.125. The number of nitrogens with one attached hydrogen (secondary N) is 1. The standard InChI is InChI=1S/C22H27N3O3/c1-16-9-11-18(12-10-16)28-14-6-13-25-20-8-5-4-7-19(20)24-22(25)17(2)23-21(26)15-27-3/h4-5,7-12,17H,6,13-15H2,1-3H3,(H,23,26). The van der Waals surface area contributed by atoms with Crippen LogP contribution in [-0.4, -0.2) is 35.8 Å². The summed E-state index contributed by atoms with van der Waals surface area (Å²) in [5, 5.41) is 2.94. The summed E-state index contributed by atoms with van der Waals surface area (Å²) in [6.07, 6.45) is 0.833. The summed E-state index contributed by atoms with van der Waals surface area (Å²) >= 11 is 0. The number of methoxy groups -OCH3 is 1. The SMILES string of the molecule is COCC(=O)NC(C)c1nc2ccccc2n1CCCOc1ccc(C)cc1. The van der Waals surface area contributed by atoms with Gasteiger partial charge in [-0.2, -0.15) is 0 Å². The number of hydrogen-bond donors (Lipinski definition) is 1. The molecular formula is C22H27N3O3. The van der Waals surface area contributed by atoms with Crippen molar-refractivity contribution in [2.75, 3.05) is 20.3 Å². The van der Waals surface area contributed by atoms with Gasteiger partial charge in [0, 0.05) is 13.7 Å². The lowest BCUT2D eigenvalue weighted by atomic mass is 10.2. The largest absolute Gasteiger partial charge is 0.494 e. The minimum absolute atomic E-state index is 0.0367. The second-order valence-corrected chi connectivity index (χ2v) is 6.85. The zero-order chi connectivity index (χ0) is 19.9. The van der Waals surface area contributed by atoms with Crippen LogP contribution < -0.4 is 10.1 Å². The van der Waals surface area contributed by atoms with Crippen molar-refractivity contribution in [1.29, 1.82) is 0 Å². The molecule has 2 aromatic carbocycles. The average molecular weight is 381 g/mol. The molecular weight excluding hydrogens is 354 g/mol. The Labute approximate surface area is 165 Å². The van der Waals surface area contributed by atoms with Gasteiger partial charge >= 0.3 is 0 Å². The van der Waals surface area contributed by atoms with Gasteiger partial charge in [0.2, 0.25) is 5.91 Å². The molecule has 0 spiro atoms. The van der Waals surface area contributed by atoms with E-state index in [1.165, 1.54) is 12.7 Å². The number of aryl methyl sites for hydroxylation is 2. The Bertz CT molecular complexity index is 918. The van der Waals surface area contributed by atoms with Crippen molar-refractivity contribution in [3.63, 3.8) is 0 Å². The smallest absolute Gasteiger partial charge is 0.246 e. The van der Waals surface area contributed by atoms with Gasteiger partial charge in [-0.1, -0.05) is 29.8 Å². The van der Waals surface area contributed by atoms with Crippen LogP contribution in [0, 0.1) is 6.92 Å². The van der Waals surface area contributed by atoms with E-state index in [0.717, 1.165) is 35.6 Å². The molecule has 0 saturated heterocycles. The summed E-state index contributed by atoms with van der Waals surface area (Å²) < 4.78 is 12.9.